The fourth-order valence-electron chi connectivity index (χ4n) is 2.82. The highest BCUT2D eigenvalue weighted by molar-refractivity contribution is 5.53. The summed E-state index contributed by atoms with van der Waals surface area (Å²) in [5.74, 6) is 1.64. The van der Waals surface area contributed by atoms with Gasteiger partial charge in [-0.1, -0.05) is 61.9 Å². The van der Waals surface area contributed by atoms with E-state index in [1.165, 1.54) is 11.1 Å². The number of hydrogen-bond donors (Lipinski definition) is 1. The van der Waals surface area contributed by atoms with Gasteiger partial charge in [-0.2, -0.15) is 0 Å². The summed E-state index contributed by atoms with van der Waals surface area (Å²) in [6.07, 6.45) is 0. The second-order valence-electron chi connectivity index (χ2n) is 6.38. The van der Waals surface area contributed by atoms with Gasteiger partial charge in [0.1, 0.15) is 0 Å². The van der Waals surface area contributed by atoms with Gasteiger partial charge in [0.05, 0.1) is 6.54 Å². The molecule has 0 radical (unpaired) electrons. The molecule has 0 bridgehead atoms. The normalized spacial score (nSPS) is 12.5. The molecular weight excluding hydrogens is 298 g/mol. The van der Waals surface area contributed by atoms with E-state index in [9.17, 15) is 0 Å². The molecule has 0 aliphatic heterocycles. The highest BCUT2D eigenvalue weighted by Crippen LogP contribution is 2.23. The average Bonchev–Trinajstić information content (AvgIpc) is 3.05. The molecule has 0 saturated carbocycles. The van der Waals surface area contributed by atoms with Gasteiger partial charge in [0.2, 0.25) is 11.8 Å². The summed E-state index contributed by atoms with van der Waals surface area (Å²) in [4.78, 5) is 0. The van der Waals surface area contributed by atoms with Crippen molar-refractivity contribution in [3.05, 3.63) is 71.6 Å². The van der Waals surface area contributed by atoms with Gasteiger partial charge in [-0.25, -0.2) is 0 Å². The fourth-order valence-corrected chi connectivity index (χ4v) is 2.82. The molecule has 3 rings (SSSR count). The largest absolute Gasteiger partial charge is 0.419 e. The Morgan fingerprint density at radius 1 is 1.00 bits per heavy atom. The topological polar surface area (TPSA) is 51.0 Å². The van der Waals surface area contributed by atoms with E-state index in [-0.39, 0.29) is 6.04 Å². The molecule has 0 aliphatic carbocycles. The van der Waals surface area contributed by atoms with E-state index < -0.39 is 0 Å². The van der Waals surface area contributed by atoms with E-state index in [0.29, 0.717) is 24.2 Å². The maximum Gasteiger partial charge on any atom is 0.247 e. The van der Waals surface area contributed by atoms with Gasteiger partial charge in [-0.15, -0.1) is 10.2 Å². The van der Waals surface area contributed by atoms with Crippen molar-refractivity contribution in [2.75, 3.05) is 0 Å². The molecular formula is C20H23N3O. The molecule has 24 heavy (non-hydrogen) atoms. The fraction of sp³-hybridized carbons (Fsp3) is 0.300. The quantitative estimate of drug-likeness (QED) is 0.724. The van der Waals surface area contributed by atoms with Crippen LogP contribution in [0, 0.1) is 12.8 Å². The SMILES string of the molecule is Cc1cccc(-c2nnc(CNC(c3ccccc3)C(C)C)o2)c1. The van der Waals surface area contributed by atoms with Crippen LogP contribution in [0.15, 0.2) is 59.0 Å². The zero-order valence-corrected chi connectivity index (χ0v) is 14.4. The zero-order chi connectivity index (χ0) is 16.9. The van der Waals surface area contributed by atoms with Crippen LogP contribution in [0.4, 0.5) is 0 Å². The van der Waals surface area contributed by atoms with Gasteiger partial charge in [-0.05, 0) is 30.5 Å². The summed E-state index contributed by atoms with van der Waals surface area (Å²) in [6.45, 7) is 7.01. The van der Waals surface area contributed by atoms with Gasteiger partial charge in [-0.3, -0.25) is 0 Å². The minimum atomic E-state index is 0.250. The van der Waals surface area contributed by atoms with Crippen molar-refractivity contribution < 1.29 is 4.42 Å². The predicted molar refractivity (Wildman–Crippen MR) is 95.3 cm³/mol. The van der Waals surface area contributed by atoms with Gasteiger partial charge < -0.3 is 9.73 Å². The van der Waals surface area contributed by atoms with E-state index in [2.05, 4.69) is 66.6 Å². The summed E-state index contributed by atoms with van der Waals surface area (Å²) in [7, 11) is 0. The third-order valence-corrected chi connectivity index (χ3v) is 4.03. The maximum absolute atomic E-state index is 5.81. The van der Waals surface area contributed by atoms with Gasteiger partial charge >= 0.3 is 0 Å². The molecule has 0 aliphatic rings. The zero-order valence-electron chi connectivity index (χ0n) is 14.4. The van der Waals surface area contributed by atoms with E-state index in [0.717, 1.165) is 5.56 Å². The summed E-state index contributed by atoms with van der Waals surface area (Å²) in [5.41, 5.74) is 3.40. The van der Waals surface area contributed by atoms with Crippen LogP contribution < -0.4 is 5.32 Å². The average molecular weight is 321 g/mol. The minimum Gasteiger partial charge on any atom is -0.419 e. The first-order valence-electron chi connectivity index (χ1n) is 8.31. The van der Waals surface area contributed by atoms with Crippen LogP contribution in [0.3, 0.4) is 0 Å². The van der Waals surface area contributed by atoms with Crippen LogP contribution in [-0.2, 0) is 6.54 Å². The van der Waals surface area contributed by atoms with Crippen molar-refractivity contribution in [1.29, 1.82) is 0 Å². The Hall–Kier alpha value is -2.46. The molecule has 1 unspecified atom stereocenters. The smallest absolute Gasteiger partial charge is 0.247 e. The molecule has 2 aromatic carbocycles. The number of rotatable bonds is 6. The number of nitrogens with zero attached hydrogens (tertiary/aromatic N) is 2. The molecule has 124 valence electrons. The number of aryl methyl sites for hydroxylation is 1. The molecule has 4 nitrogen and oxygen atoms in total. The minimum absolute atomic E-state index is 0.250. The Morgan fingerprint density at radius 3 is 2.50 bits per heavy atom. The summed E-state index contributed by atoms with van der Waals surface area (Å²) < 4.78 is 5.81. The maximum atomic E-state index is 5.81. The van der Waals surface area contributed by atoms with Crippen LogP contribution >= 0.6 is 0 Å². The van der Waals surface area contributed by atoms with Gasteiger partial charge in [0.15, 0.2) is 0 Å². The molecule has 0 spiro atoms. The third kappa shape index (κ3) is 3.89. The number of nitrogens with one attached hydrogen (secondary N) is 1. The third-order valence-electron chi connectivity index (χ3n) is 4.03. The number of benzene rings is 2. The van der Waals surface area contributed by atoms with Gasteiger partial charge in [0, 0.05) is 11.6 Å². The molecule has 3 aromatic rings. The second kappa shape index (κ2) is 7.41. The van der Waals surface area contributed by atoms with E-state index in [4.69, 9.17) is 4.42 Å². The molecule has 1 heterocycles. The first kappa shape index (κ1) is 16.4. The Morgan fingerprint density at radius 2 is 1.79 bits per heavy atom. The Labute approximate surface area is 142 Å². The monoisotopic (exact) mass is 321 g/mol. The molecule has 0 fully saturated rings. The second-order valence-corrected chi connectivity index (χ2v) is 6.38. The van der Waals surface area contributed by atoms with Crippen molar-refractivity contribution in [3.63, 3.8) is 0 Å². The van der Waals surface area contributed by atoms with Crippen LogP contribution in [-0.4, -0.2) is 10.2 Å². The summed E-state index contributed by atoms with van der Waals surface area (Å²) in [6, 6.07) is 18.8. The van der Waals surface area contributed by atoms with E-state index in [1.807, 2.05) is 24.3 Å². The number of aromatic nitrogens is 2. The highest BCUT2D eigenvalue weighted by atomic mass is 16.4. The lowest BCUT2D eigenvalue weighted by Gasteiger charge is -2.22. The molecule has 0 amide bonds. The van der Waals surface area contributed by atoms with Crippen molar-refractivity contribution in [1.82, 2.24) is 15.5 Å². The van der Waals surface area contributed by atoms with Crippen molar-refractivity contribution in [2.45, 2.75) is 33.4 Å². The molecule has 1 atom stereocenters. The Kier molecular flexibility index (Phi) is 5.06. The van der Waals surface area contributed by atoms with Gasteiger partial charge in [0.25, 0.3) is 0 Å². The Bertz CT molecular complexity index is 780. The number of hydrogen-bond acceptors (Lipinski definition) is 4. The molecule has 1 aromatic heterocycles. The predicted octanol–water partition coefficient (Wildman–Crippen LogP) is 4.53. The van der Waals surface area contributed by atoms with Crippen molar-refractivity contribution in [3.8, 4) is 11.5 Å². The first-order valence-corrected chi connectivity index (χ1v) is 8.31. The Balaban J connectivity index is 1.70. The van der Waals surface area contributed by atoms with Crippen molar-refractivity contribution >= 4 is 0 Å². The van der Waals surface area contributed by atoms with Crippen LogP contribution in [0.2, 0.25) is 0 Å². The molecule has 4 heteroatoms. The first-order chi connectivity index (χ1) is 11.6. The lowest BCUT2D eigenvalue weighted by Crippen LogP contribution is -2.25. The van der Waals surface area contributed by atoms with E-state index >= 15 is 0 Å². The standard InChI is InChI=1S/C20H23N3O/c1-14(2)19(16-9-5-4-6-10-16)21-13-18-22-23-20(24-18)17-11-7-8-15(3)12-17/h4-12,14,19,21H,13H2,1-3H3. The van der Waals surface area contributed by atoms with Crippen LogP contribution in [0.1, 0.15) is 36.9 Å². The highest BCUT2D eigenvalue weighted by Gasteiger charge is 2.16. The molecule has 1 N–H and O–H groups in total. The van der Waals surface area contributed by atoms with Crippen LogP contribution in [0.25, 0.3) is 11.5 Å². The summed E-state index contributed by atoms with van der Waals surface area (Å²) >= 11 is 0. The van der Waals surface area contributed by atoms with Crippen LogP contribution in [0.5, 0.6) is 0 Å². The van der Waals surface area contributed by atoms with E-state index in [1.54, 1.807) is 0 Å². The lowest BCUT2D eigenvalue weighted by atomic mass is 9.96. The summed E-state index contributed by atoms with van der Waals surface area (Å²) in [5, 5.41) is 11.9. The lowest BCUT2D eigenvalue weighted by molar-refractivity contribution is 0.380. The molecule has 0 saturated heterocycles. The van der Waals surface area contributed by atoms with Crippen molar-refractivity contribution in [2.24, 2.45) is 5.92 Å².